The number of esters is 1. The van der Waals surface area contributed by atoms with Crippen LogP contribution in [0.25, 0.3) is 0 Å². The molecule has 0 aliphatic heterocycles. The summed E-state index contributed by atoms with van der Waals surface area (Å²) in [6.07, 6.45) is -1.05. The molecule has 1 unspecified atom stereocenters. The van der Waals surface area contributed by atoms with Gasteiger partial charge in [0, 0.05) is 19.8 Å². The van der Waals surface area contributed by atoms with Gasteiger partial charge in [-0.3, -0.25) is 4.79 Å². The number of amides is 1. The summed E-state index contributed by atoms with van der Waals surface area (Å²) in [6.45, 7) is 5.28. The van der Waals surface area contributed by atoms with Crippen molar-refractivity contribution in [2.45, 2.75) is 31.8 Å². The highest BCUT2D eigenvalue weighted by molar-refractivity contribution is 7.89. The summed E-state index contributed by atoms with van der Waals surface area (Å²) >= 11 is 0. The molecule has 0 saturated carbocycles. The number of benzene rings is 2. The number of aryl methyl sites for hydroxylation is 2. The van der Waals surface area contributed by atoms with Gasteiger partial charge in [0.15, 0.2) is 6.10 Å². The number of hydrogen-bond donors (Lipinski definition) is 1. The van der Waals surface area contributed by atoms with Crippen LogP contribution in [0.4, 0.5) is 5.69 Å². The summed E-state index contributed by atoms with van der Waals surface area (Å²) < 4.78 is 30.7. The van der Waals surface area contributed by atoms with Gasteiger partial charge in [0.05, 0.1) is 10.5 Å². The number of anilines is 1. The second-order valence-electron chi connectivity index (χ2n) is 6.67. The Morgan fingerprint density at radius 3 is 2.36 bits per heavy atom. The molecule has 0 saturated heterocycles. The predicted molar refractivity (Wildman–Crippen MR) is 107 cm³/mol. The first-order chi connectivity index (χ1) is 13.0. The van der Waals surface area contributed by atoms with Crippen LogP contribution < -0.4 is 5.32 Å². The Morgan fingerprint density at radius 1 is 1.07 bits per heavy atom. The van der Waals surface area contributed by atoms with Gasteiger partial charge in [-0.2, -0.15) is 0 Å². The van der Waals surface area contributed by atoms with E-state index in [1.165, 1.54) is 45.3 Å². The molecule has 0 radical (unpaired) electrons. The maximum Gasteiger partial charge on any atom is 0.338 e. The molecule has 1 atom stereocenters. The van der Waals surface area contributed by atoms with Crippen molar-refractivity contribution in [1.29, 1.82) is 0 Å². The van der Waals surface area contributed by atoms with Gasteiger partial charge in [-0.05, 0) is 50.6 Å². The molecule has 0 fully saturated rings. The fourth-order valence-electron chi connectivity index (χ4n) is 2.46. The van der Waals surface area contributed by atoms with Crippen LogP contribution >= 0.6 is 0 Å². The zero-order valence-corrected chi connectivity index (χ0v) is 17.3. The maximum absolute atomic E-state index is 12.4. The zero-order valence-electron chi connectivity index (χ0n) is 16.5. The van der Waals surface area contributed by atoms with Gasteiger partial charge in [0.25, 0.3) is 5.91 Å². The molecule has 150 valence electrons. The van der Waals surface area contributed by atoms with Gasteiger partial charge in [0.1, 0.15) is 0 Å². The van der Waals surface area contributed by atoms with E-state index in [4.69, 9.17) is 4.74 Å². The molecule has 0 heterocycles. The molecular formula is C20H24N2O5S. The fraction of sp³-hybridized carbons (Fsp3) is 0.300. The summed E-state index contributed by atoms with van der Waals surface area (Å²) in [4.78, 5) is 24.7. The van der Waals surface area contributed by atoms with Crippen molar-refractivity contribution >= 4 is 27.6 Å². The average molecular weight is 404 g/mol. The monoisotopic (exact) mass is 404 g/mol. The van der Waals surface area contributed by atoms with Crippen LogP contribution in [0.1, 0.15) is 28.4 Å². The normalized spacial score (nSPS) is 12.5. The fourth-order valence-corrected chi connectivity index (χ4v) is 3.41. The molecule has 2 rings (SSSR count). The Balaban J connectivity index is 2.11. The van der Waals surface area contributed by atoms with E-state index >= 15 is 0 Å². The standard InChI is InChI=1S/C20H24N2O5S/c1-13-9-10-18(14(2)11-13)21-19(23)15(3)27-20(24)16-7-6-8-17(12-16)28(25,26)22(4)5/h6-12,15H,1-5H3,(H,21,23). The number of carbonyl (C=O) groups is 2. The van der Waals surface area contributed by atoms with Crippen molar-refractivity contribution in [2.75, 3.05) is 19.4 Å². The molecule has 0 aliphatic rings. The summed E-state index contributed by atoms with van der Waals surface area (Å²) in [5.41, 5.74) is 2.66. The molecule has 2 aromatic carbocycles. The minimum atomic E-state index is -3.68. The first-order valence-corrected chi connectivity index (χ1v) is 10.1. The van der Waals surface area contributed by atoms with E-state index in [2.05, 4.69) is 5.32 Å². The second-order valence-corrected chi connectivity index (χ2v) is 8.82. The van der Waals surface area contributed by atoms with E-state index in [9.17, 15) is 18.0 Å². The smallest absolute Gasteiger partial charge is 0.338 e. The molecule has 1 N–H and O–H groups in total. The molecule has 0 aromatic heterocycles. The third-order valence-corrected chi connectivity index (χ3v) is 5.95. The minimum Gasteiger partial charge on any atom is -0.449 e. The first-order valence-electron chi connectivity index (χ1n) is 8.64. The molecule has 7 nitrogen and oxygen atoms in total. The lowest BCUT2D eigenvalue weighted by molar-refractivity contribution is -0.123. The molecule has 0 aliphatic carbocycles. The number of ether oxygens (including phenoxy) is 1. The molecule has 28 heavy (non-hydrogen) atoms. The van der Waals surface area contributed by atoms with Crippen LogP contribution in [0, 0.1) is 13.8 Å². The molecule has 0 bridgehead atoms. The van der Waals surface area contributed by atoms with Crippen LogP contribution in [0.3, 0.4) is 0 Å². The van der Waals surface area contributed by atoms with Crippen molar-refractivity contribution in [1.82, 2.24) is 4.31 Å². The molecular weight excluding hydrogens is 380 g/mol. The number of hydrogen-bond acceptors (Lipinski definition) is 5. The highest BCUT2D eigenvalue weighted by Gasteiger charge is 2.22. The van der Waals surface area contributed by atoms with Gasteiger partial charge in [0.2, 0.25) is 10.0 Å². The maximum atomic E-state index is 12.4. The number of nitrogens with zero attached hydrogens (tertiary/aromatic N) is 1. The van der Waals surface area contributed by atoms with Crippen LogP contribution in [0.5, 0.6) is 0 Å². The van der Waals surface area contributed by atoms with Crippen molar-refractivity contribution in [3.63, 3.8) is 0 Å². The van der Waals surface area contributed by atoms with Gasteiger partial charge in [-0.15, -0.1) is 0 Å². The molecule has 8 heteroatoms. The minimum absolute atomic E-state index is 0.0284. The Labute approximate surface area is 165 Å². The van der Waals surface area contributed by atoms with Gasteiger partial charge < -0.3 is 10.1 Å². The van der Waals surface area contributed by atoms with E-state index in [0.29, 0.717) is 5.69 Å². The Hall–Kier alpha value is -2.71. The third kappa shape index (κ3) is 4.96. The number of rotatable bonds is 6. The Morgan fingerprint density at radius 2 is 1.75 bits per heavy atom. The lowest BCUT2D eigenvalue weighted by Crippen LogP contribution is -2.30. The third-order valence-electron chi connectivity index (χ3n) is 4.14. The van der Waals surface area contributed by atoms with Crippen LogP contribution in [-0.4, -0.2) is 44.8 Å². The number of sulfonamides is 1. The summed E-state index contributed by atoms with van der Waals surface area (Å²) in [5.74, 6) is -1.25. The topological polar surface area (TPSA) is 92.8 Å². The predicted octanol–water partition coefficient (Wildman–Crippen LogP) is 2.74. The van der Waals surface area contributed by atoms with Crippen LogP contribution in [0.15, 0.2) is 47.4 Å². The number of carbonyl (C=O) groups excluding carboxylic acids is 2. The summed E-state index contributed by atoms with van der Waals surface area (Å²) in [6, 6.07) is 11.1. The zero-order chi connectivity index (χ0) is 21.1. The van der Waals surface area contributed by atoms with Crippen molar-refractivity contribution in [3.05, 3.63) is 59.2 Å². The molecule has 0 spiro atoms. The van der Waals surface area contributed by atoms with E-state index < -0.39 is 28.0 Å². The highest BCUT2D eigenvalue weighted by Crippen LogP contribution is 2.18. The van der Waals surface area contributed by atoms with Gasteiger partial charge >= 0.3 is 5.97 Å². The SMILES string of the molecule is Cc1ccc(NC(=O)C(C)OC(=O)c2cccc(S(=O)(=O)N(C)C)c2)c(C)c1. The largest absolute Gasteiger partial charge is 0.449 e. The highest BCUT2D eigenvalue weighted by atomic mass is 32.2. The molecule has 2 aromatic rings. The lowest BCUT2D eigenvalue weighted by atomic mass is 10.1. The Kier molecular flexibility index (Phi) is 6.58. The quantitative estimate of drug-likeness (QED) is 0.748. The summed E-state index contributed by atoms with van der Waals surface area (Å²) in [7, 11) is -0.875. The van der Waals surface area contributed by atoms with E-state index in [1.54, 1.807) is 6.07 Å². The number of nitrogens with one attached hydrogen (secondary N) is 1. The van der Waals surface area contributed by atoms with E-state index in [0.717, 1.165) is 15.4 Å². The van der Waals surface area contributed by atoms with Crippen molar-refractivity contribution in [2.24, 2.45) is 0 Å². The van der Waals surface area contributed by atoms with E-state index in [-0.39, 0.29) is 10.5 Å². The van der Waals surface area contributed by atoms with Gasteiger partial charge in [-0.25, -0.2) is 17.5 Å². The second kappa shape index (κ2) is 8.53. The van der Waals surface area contributed by atoms with Gasteiger partial charge in [-0.1, -0.05) is 23.8 Å². The first kappa shape index (κ1) is 21.6. The lowest BCUT2D eigenvalue weighted by Gasteiger charge is -2.16. The van der Waals surface area contributed by atoms with Crippen molar-refractivity contribution in [3.8, 4) is 0 Å². The molecule has 1 amide bonds. The summed E-state index contributed by atoms with van der Waals surface area (Å²) in [5, 5.41) is 2.73. The van der Waals surface area contributed by atoms with Crippen molar-refractivity contribution < 1.29 is 22.7 Å². The van der Waals surface area contributed by atoms with Crippen LogP contribution in [0.2, 0.25) is 0 Å². The Bertz CT molecular complexity index is 999. The van der Waals surface area contributed by atoms with Crippen LogP contribution in [-0.2, 0) is 19.6 Å². The van der Waals surface area contributed by atoms with E-state index in [1.807, 2.05) is 26.0 Å². The average Bonchev–Trinajstić information content (AvgIpc) is 2.63.